The number of hydrogen-bond acceptors (Lipinski definition) is 4. The Kier molecular flexibility index (Phi) is 7.64. The van der Waals surface area contributed by atoms with Crippen LogP contribution in [0.2, 0.25) is 0 Å². The first kappa shape index (κ1) is 18.2. The van der Waals surface area contributed by atoms with Gasteiger partial charge in [0.2, 0.25) is 0 Å². The van der Waals surface area contributed by atoms with Gasteiger partial charge in [0.1, 0.15) is 11.5 Å². The summed E-state index contributed by atoms with van der Waals surface area (Å²) in [6.45, 7) is 7.85. The summed E-state index contributed by atoms with van der Waals surface area (Å²) in [6, 6.07) is 6.68. The summed E-state index contributed by atoms with van der Waals surface area (Å²) in [5.41, 5.74) is 0. The van der Waals surface area contributed by atoms with Gasteiger partial charge in [-0.2, -0.15) is 0 Å². The zero-order valence-corrected chi connectivity index (χ0v) is 13.9. The van der Waals surface area contributed by atoms with Crippen LogP contribution in [-0.2, 0) is 9.59 Å². The standard InChI is InChI=1S/C18H26O4/c1-5-13(6-2)17(19)21-15-10-9-11-16(12-15)22-18(20)14(7-3)8-4/h9-14H,5-8H2,1-4H3. The van der Waals surface area contributed by atoms with Gasteiger partial charge < -0.3 is 9.47 Å². The van der Waals surface area contributed by atoms with Gasteiger partial charge in [-0.3, -0.25) is 9.59 Å². The van der Waals surface area contributed by atoms with Crippen molar-refractivity contribution in [1.82, 2.24) is 0 Å². The van der Waals surface area contributed by atoms with E-state index in [0.29, 0.717) is 11.5 Å². The number of hydrogen-bond donors (Lipinski definition) is 0. The lowest BCUT2D eigenvalue weighted by Crippen LogP contribution is -2.20. The second-order valence-corrected chi connectivity index (χ2v) is 5.34. The highest BCUT2D eigenvalue weighted by Gasteiger charge is 2.18. The normalized spacial score (nSPS) is 10.8. The second kappa shape index (κ2) is 9.23. The van der Waals surface area contributed by atoms with Crippen molar-refractivity contribution in [3.05, 3.63) is 24.3 Å². The molecule has 0 aliphatic carbocycles. The zero-order valence-electron chi connectivity index (χ0n) is 13.9. The Morgan fingerprint density at radius 3 is 1.50 bits per heavy atom. The fourth-order valence-corrected chi connectivity index (χ4v) is 2.24. The summed E-state index contributed by atoms with van der Waals surface area (Å²) < 4.78 is 10.7. The summed E-state index contributed by atoms with van der Waals surface area (Å²) in [7, 11) is 0. The van der Waals surface area contributed by atoms with Gasteiger partial charge in [-0.05, 0) is 37.8 Å². The lowest BCUT2D eigenvalue weighted by atomic mass is 10.0. The monoisotopic (exact) mass is 306 g/mol. The molecule has 4 nitrogen and oxygen atoms in total. The molecule has 0 fully saturated rings. The van der Waals surface area contributed by atoms with Gasteiger partial charge in [-0.1, -0.05) is 33.8 Å². The van der Waals surface area contributed by atoms with Crippen molar-refractivity contribution in [3.63, 3.8) is 0 Å². The second-order valence-electron chi connectivity index (χ2n) is 5.34. The molecule has 0 aliphatic rings. The van der Waals surface area contributed by atoms with Crippen LogP contribution in [0.5, 0.6) is 11.5 Å². The topological polar surface area (TPSA) is 52.6 Å². The van der Waals surface area contributed by atoms with Crippen molar-refractivity contribution in [2.45, 2.75) is 53.4 Å². The highest BCUT2D eigenvalue weighted by atomic mass is 16.5. The van der Waals surface area contributed by atoms with Crippen molar-refractivity contribution in [2.24, 2.45) is 11.8 Å². The molecular formula is C18H26O4. The molecule has 0 radical (unpaired) electrons. The van der Waals surface area contributed by atoms with Crippen molar-refractivity contribution in [1.29, 1.82) is 0 Å². The first-order valence-electron chi connectivity index (χ1n) is 8.08. The van der Waals surface area contributed by atoms with Crippen LogP contribution >= 0.6 is 0 Å². The quantitative estimate of drug-likeness (QED) is 0.528. The van der Waals surface area contributed by atoms with E-state index in [1.807, 2.05) is 27.7 Å². The van der Waals surface area contributed by atoms with Gasteiger partial charge in [-0.25, -0.2) is 0 Å². The molecule has 0 amide bonds. The molecule has 0 aromatic heterocycles. The highest BCUT2D eigenvalue weighted by Crippen LogP contribution is 2.23. The van der Waals surface area contributed by atoms with E-state index in [4.69, 9.17) is 9.47 Å². The average Bonchev–Trinajstić information content (AvgIpc) is 2.50. The Morgan fingerprint density at radius 1 is 0.818 bits per heavy atom. The fraction of sp³-hybridized carbons (Fsp3) is 0.556. The van der Waals surface area contributed by atoms with Gasteiger partial charge in [0.05, 0.1) is 11.8 Å². The van der Waals surface area contributed by atoms with Gasteiger partial charge >= 0.3 is 11.9 Å². The van der Waals surface area contributed by atoms with Crippen LogP contribution < -0.4 is 9.47 Å². The molecule has 0 saturated carbocycles. The van der Waals surface area contributed by atoms with Gasteiger partial charge in [0, 0.05) is 6.07 Å². The molecule has 4 heteroatoms. The van der Waals surface area contributed by atoms with E-state index < -0.39 is 0 Å². The van der Waals surface area contributed by atoms with Crippen LogP contribution in [0.25, 0.3) is 0 Å². The first-order chi connectivity index (χ1) is 10.5. The van der Waals surface area contributed by atoms with E-state index >= 15 is 0 Å². The molecule has 0 aliphatic heterocycles. The number of esters is 2. The van der Waals surface area contributed by atoms with Crippen LogP contribution in [0.1, 0.15) is 53.4 Å². The molecule has 0 heterocycles. The summed E-state index contributed by atoms with van der Waals surface area (Å²) in [6.07, 6.45) is 2.99. The minimum atomic E-state index is -0.242. The van der Waals surface area contributed by atoms with Gasteiger partial charge in [0.15, 0.2) is 0 Å². The highest BCUT2D eigenvalue weighted by molar-refractivity contribution is 5.76. The fourth-order valence-electron chi connectivity index (χ4n) is 2.24. The summed E-state index contributed by atoms with van der Waals surface area (Å²) in [5.74, 6) is 0.131. The molecular weight excluding hydrogens is 280 g/mol. The third-order valence-electron chi connectivity index (χ3n) is 3.88. The minimum absolute atomic E-state index is 0.101. The van der Waals surface area contributed by atoms with E-state index in [0.717, 1.165) is 25.7 Å². The van der Waals surface area contributed by atoms with Gasteiger partial charge in [-0.15, -0.1) is 0 Å². The minimum Gasteiger partial charge on any atom is -0.426 e. The number of benzene rings is 1. The molecule has 22 heavy (non-hydrogen) atoms. The third kappa shape index (κ3) is 5.17. The number of rotatable bonds is 8. The van der Waals surface area contributed by atoms with E-state index in [1.54, 1.807) is 24.3 Å². The molecule has 0 N–H and O–H groups in total. The molecule has 1 rings (SSSR count). The predicted molar refractivity (Wildman–Crippen MR) is 85.9 cm³/mol. The smallest absolute Gasteiger partial charge is 0.314 e. The summed E-state index contributed by atoms with van der Waals surface area (Å²) in [4.78, 5) is 24.0. The van der Waals surface area contributed by atoms with E-state index in [-0.39, 0.29) is 23.8 Å². The molecule has 1 aromatic carbocycles. The maximum absolute atomic E-state index is 12.0. The molecule has 122 valence electrons. The average molecular weight is 306 g/mol. The Bertz CT molecular complexity index is 446. The third-order valence-corrected chi connectivity index (χ3v) is 3.88. The largest absolute Gasteiger partial charge is 0.426 e. The van der Waals surface area contributed by atoms with E-state index in [9.17, 15) is 9.59 Å². The number of carbonyl (C=O) groups is 2. The SMILES string of the molecule is CCC(CC)C(=O)Oc1cccc(OC(=O)C(CC)CC)c1. The molecule has 0 bridgehead atoms. The maximum atomic E-state index is 12.0. The van der Waals surface area contributed by atoms with Gasteiger partial charge in [0.25, 0.3) is 0 Å². The maximum Gasteiger partial charge on any atom is 0.314 e. The number of carbonyl (C=O) groups excluding carboxylic acids is 2. The van der Waals surface area contributed by atoms with E-state index in [2.05, 4.69) is 0 Å². The van der Waals surface area contributed by atoms with Crippen LogP contribution in [0.4, 0.5) is 0 Å². The Morgan fingerprint density at radius 2 is 1.18 bits per heavy atom. The first-order valence-corrected chi connectivity index (χ1v) is 8.08. The Balaban J connectivity index is 2.74. The summed E-state index contributed by atoms with van der Waals surface area (Å²) in [5, 5.41) is 0. The predicted octanol–water partition coefficient (Wildman–Crippen LogP) is 4.37. The Labute approximate surface area is 132 Å². The molecule has 0 atom stereocenters. The molecule has 1 aromatic rings. The van der Waals surface area contributed by atoms with Crippen molar-refractivity contribution in [3.8, 4) is 11.5 Å². The molecule has 0 spiro atoms. The van der Waals surface area contributed by atoms with E-state index in [1.165, 1.54) is 0 Å². The van der Waals surface area contributed by atoms with Crippen LogP contribution in [0, 0.1) is 11.8 Å². The Hall–Kier alpha value is -1.84. The van der Waals surface area contributed by atoms with Crippen LogP contribution in [-0.4, -0.2) is 11.9 Å². The molecule has 0 unspecified atom stereocenters. The van der Waals surface area contributed by atoms with Crippen LogP contribution in [0.3, 0.4) is 0 Å². The lowest BCUT2D eigenvalue weighted by molar-refractivity contribution is -0.139. The number of ether oxygens (including phenoxy) is 2. The van der Waals surface area contributed by atoms with Crippen LogP contribution in [0.15, 0.2) is 24.3 Å². The van der Waals surface area contributed by atoms with Crippen molar-refractivity contribution < 1.29 is 19.1 Å². The molecule has 0 saturated heterocycles. The van der Waals surface area contributed by atoms with Crippen molar-refractivity contribution in [2.75, 3.05) is 0 Å². The summed E-state index contributed by atoms with van der Waals surface area (Å²) >= 11 is 0. The van der Waals surface area contributed by atoms with Crippen molar-refractivity contribution >= 4 is 11.9 Å². The lowest BCUT2D eigenvalue weighted by Gasteiger charge is -2.14. The zero-order chi connectivity index (χ0) is 16.5.